The van der Waals surface area contributed by atoms with Gasteiger partial charge in [0.15, 0.2) is 0 Å². The van der Waals surface area contributed by atoms with Crippen LogP contribution in [0.1, 0.15) is 47.5 Å². The van der Waals surface area contributed by atoms with Crippen molar-refractivity contribution < 1.29 is 4.79 Å². The van der Waals surface area contributed by atoms with E-state index in [1.807, 2.05) is 31.2 Å². The summed E-state index contributed by atoms with van der Waals surface area (Å²) in [4.78, 5) is 14.6. The number of amides is 1. The molecular weight excluding hydrogens is 280 g/mol. The van der Waals surface area contributed by atoms with Crippen molar-refractivity contribution in [3.63, 3.8) is 0 Å². The molecule has 1 aromatic carbocycles. The predicted octanol–water partition coefficient (Wildman–Crippen LogP) is 4.01. The number of thiophene rings is 1. The summed E-state index contributed by atoms with van der Waals surface area (Å²) < 4.78 is 0. The summed E-state index contributed by atoms with van der Waals surface area (Å²) in [6.07, 6.45) is 0.485. The molecule has 0 radical (unpaired) electrons. The van der Waals surface area contributed by atoms with E-state index >= 15 is 0 Å². The third kappa shape index (κ3) is 4.33. The molecule has 0 fully saturated rings. The van der Waals surface area contributed by atoms with E-state index < -0.39 is 0 Å². The van der Waals surface area contributed by atoms with Crippen molar-refractivity contribution in [2.45, 2.75) is 39.2 Å². The molecule has 21 heavy (non-hydrogen) atoms. The maximum Gasteiger partial charge on any atom is 0.221 e. The molecule has 2 unspecified atom stereocenters. The lowest BCUT2D eigenvalue weighted by Crippen LogP contribution is -2.27. The van der Waals surface area contributed by atoms with Gasteiger partial charge in [-0.2, -0.15) is 0 Å². The quantitative estimate of drug-likeness (QED) is 0.820. The van der Waals surface area contributed by atoms with Crippen LogP contribution in [-0.4, -0.2) is 5.91 Å². The van der Waals surface area contributed by atoms with Crippen molar-refractivity contribution in [3.05, 3.63) is 51.7 Å². The van der Waals surface area contributed by atoms with Crippen LogP contribution in [0.3, 0.4) is 0 Å². The second kappa shape index (κ2) is 6.76. The van der Waals surface area contributed by atoms with Gasteiger partial charge in [0.2, 0.25) is 5.91 Å². The fraction of sp³-hybridized carbons (Fsp3) is 0.353. The summed E-state index contributed by atoms with van der Waals surface area (Å²) in [5, 5.41) is 3.07. The Morgan fingerprint density at radius 3 is 2.43 bits per heavy atom. The van der Waals surface area contributed by atoms with Gasteiger partial charge in [-0.1, -0.05) is 19.1 Å². The van der Waals surface area contributed by atoms with E-state index in [1.165, 1.54) is 9.75 Å². The van der Waals surface area contributed by atoms with Crippen molar-refractivity contribution in [2.24, 2.45) is 0 Å². The fourth-order valence-corrected chi connectivity index (χ4v) is 3.16. The van der Waals surface area contributed by atoms with Crippen LogP contribution in [0.5, 0.6) is 0 Å². The van der Waals surface area contributed by atoms with Gasteiger partial charge in [0, 0.05) is 21.9 Å². The summed E-state index contributed by atoms with van der Waals surface area (Å²) in [7, 11) is 0. The fourth-order valence-electron chi connectivity index (χ4n) is 2.28. The first kappa shape index (κ1) is 15.6. The molecule has 1 amide bonds. The van der Waals surface area contributed by atoms with Crippen molar-refractivity contribution in [1.29, 1.82) is 0 Å². The second-order valence-electron chi connectivity index (χ2n) is 5.51. The highest BCUT2D eigenvalue weighted by Crippen LogP contribution is 2.24. The number of benzene rings is 1. The van der Waals surface area contributed by atoms with Crippen LogP contribution in [0.15, 0.2) is 36.4 Å². The number of carbonyl (C=O) groups excluding carboxylic acids is 1. The van der Waals surface area contributed by atoms with Gasteiger partial charge < -0.3 is 11.1 Å². The molecule has 0 bridgehead atoms. The van der Waals surface area contributed by atoms with Gasteiger partial charge in [0.05, 0.1) is 6.04 Å². The highest BCUT2D eigenvalue weighted by molar-refractivity contribution is 7.12. The van der Waals surface area contributed by atoms with Crippen molar-refractivity contribution in [2.75, 3.05) is 5.73 Å². The van der Waals surface area contributed by atoms with E-state index in [-0.39, 0.29) is 17.9 Å². The van der Waals surface area contributed by atoms with Crippen LogP contribution in [0, 0.1) is 6.92 Å². The minimum absolute atomic E-state index is 0.0646. The zero-order valence-electron chi connectivity index (χ0n) is 12.7. The highest BCUT2D eigenvalue weighted by Gasteiger charge is 2.15. The molecule has 0 saturated carbocycles. The number of anilines is 1. The van der Waals surface area contributed by atoms with Gasteiger partial charge in [-0.3, -0.25) is 4.79 Å². The molecule has 2 aromatic rings. The molecule has 4 heteroatoms. The standard InChI is InChI=1S/C17H22N2OS/c1-11(14-5-7-15(18)8-6-14)10-17(20)19-13(3)16-9-4-12(2)21-16/h4-9,11,13H,10,18H2,1-3H3,(H,19,20). The maximum absolute atomic E-state index is 12.2. The van der Waals surface area contributed by atoms with E-state index in [1.54, 1.807) is 11.3 Å². The number of hydrogen-bond acceptors (Lipinski definition) is 3. The Bertz CT molecular complexity index is 604. The van der Waals surface area contributed by atoms with E-state index in [0.29, 0.717) is 6.42 Å². The Kier molecular flexibility index (Phi) is 5.02. The van der Waals surface area contributed by atoms with Gasteiger partial charge in [-0.05, 0) is 49.6 Å². The molecule has 0 spiro atoms. The normalized spacial score (nSPS) is 13.7. The number of hydrogen-bond donors (Lipinski definition) is 2. The molecule has 0 aliphatic heterocycles. The van der Waals surface area contributed by atoms with Gasteiger partial charge in [0.25, 0.3) is 0 Å². The maximum atomic E-state index is 12.2. The van der Waals surface area contributed by atoms with Crippen molar-refractivity contribution in [3.8, 4) is 0 Å². The van der Waals surface area contributed by atoms with Crippen LogP contribution < -0.4 is 11.1 Å². The Labute approximate surface area is 130 Å². The van der Waals surface area contributed by atoms with Gasteiger partial charge >= 0.3 is 0 Å². The van der Waals surface area contributed by atoms with Gasteiger partial charge in [-0.15, -0.1) is 11.3 Å². The lowest BCUT2D eigenvalue weighted by molar-refractivity contribution is -0.122. The number of nitrogen functional groups attached to an aromatic ring is 1. The van der Waals surface area contributed by atoms with E-state index in [0.717, 1.165) is 11.3 Å². The molecular formula is C17H22N2OS. The number of nitrogens with one attached hydrogen (secondary N) is 1. The van der Waals surface area contributed by atoms with Crippen LogP contribution in [0.25, 0.3) is 0 Å². The Balaban J connectivity index is 1.90. The van der Waals surface area contributed by atoms with E-state index in [9.17, 15) is 4.79 Å². The summed E-state index contributed by atoms with van der Waals surface area (Å²) in [5.41, 5.74) is 7.57. The van der Waals surface area contributed by atoms with E-state index in [2.05, 4.69) is 31.3 Å². The molecule has 2 atom stereocenters. The number of rotatable bonds is 5. The topological polar surface area (TPSA) is 55.1 Å². The monoisotopic (exact) mass is 302 g/mol. The van der Waals surface area contributed by atoms with Crippen LogP contribution >= 0.6 is 11.3 Å². The van der Waals surface area contributed by atoms with Crippen molar-refractivity contribution >= 4 is 22.9 Å². The minimum atomic E-state index is 0.0646. The molecule has 0 saturated heterocycles. The lowest BCUT2D eigenvalue weighted by Gasteiger charge is -2.16. The first-order valence-electron chi connectivity index (χ1n) is 7.17. The van der Waals surface area contributed by atoms with Crippen LogP contribution in [-0.2, 0) is 4.79 Å². The molecule has 0 aliphatic carbocycles. The Morgan fingerprint density at radius 2 is 1.86 bits per heavy atom. The molecule has 112 valence electrons. The summed E-state index contributed by atoms with van der Waals surface area (Å²) in [5.74, 6) is 0.265. The summed E-state index contributed by atoms with van der Waals surface area (Å²) >= 11 is 1.73. The lowest BCUT2D eigenvalue weighted by atomic mass is 9.97. The average molecular weight is 302 g/mol. The Hall–Kier alpha value is -1.81. The van der Waals surface area contributed by atoms with Crippen LogP contribution in [0.4, 0.5) is 5.69 Å². The molecule has 1 aromatic heterocycles. The molecule has 3 nitrogen and oxygen atoms in total. The summed E-state index contributed by atoms with van der Waals surface area (Å²) in [6, 6.07) is 11.9. The smallest absolute Gasteiger partial charge is 0.221 e. The molecule has 0 aliphatic rings. The third-order valence-corrected chi connectivity index (χ3v) is 4.75. The zero-order valence-corrected chi connectivity index (χ0v) is 13.5. The summed E-state index contributed by atoms with van der Waals surface area (Å²) in [6.45, 7) is 6.16. The SMILES string of the molecule is Cc1ccc(C(C)NC(=O)CC(C)c2ccc(N)cc2)s1. The van der Waals surface area contributed by atoms with Crippen molar-refractivity contribution in [1.82, 2.24) is 5.32 Å². The predicted molar refractivity (Wildman–Crippen MR) is 89.5 cm³/mol. The number of nitrogens with two attached hydrogens (primary N) is 1. The first-order chi connectivity index (χ1) is 9.95. The van der Waals surface area contributed by atoms with Crippen LogP contribution in [0.2, 0.25) is 0 Å². The van der Waals surface area contributed by atoms with Gasteiger partial charge in [-0.25, -0.2) is 0 Å². The molecule has 2 rings (SSSR count). The van der Waals surface area contributed by atoms with E-state index in [4.69, 9.17) is 5.73 Å². The first-order valence-corrected chi connectivity index (χ1v) is 7.98. The third-order valence-electron chi connectivity index (χ3n) is 3.56. The average Bonchev–Trinajstić information content (AvgIpc) is 2.86. The number of carbonyl (C=O) groups is 1. The highest BCUT2D eigenvalue weighted by atomic mass is 32.1. The molecule has 3 N–H and O–H groups in total. The number of aryl methyl sites for hydroxylation is 1. The zero-order chi connectivity index (χ0) is 15.4. The molecule has 1 heterocycles. The largest absolute Gasteiger partial charge is 0.399 e. The second-order valence-corrected chi connectivity index (χ2v) is 6.83. The van der Waals surface area contributed by atoms with Gasteiger partial charge in [0.1, 0.15) is 0 Å². The Morgan fingerprint density at radius 1 is 1.19 bits per heavy atom. The minimum Gasteiger partial charge on any atom is -0.399 e.